The Morgan fingerprint density at radius 2 is 2.00 bits per heavy atom. The summed E-state index contributed by atoms with van der Waals surface area (Å²) in [4.78, 5) is 27.3. The second-order valence-corrected chi connectivity index (χ2v) is 8.00. The van der Waals surface area contributed by atoms with Gasteiger partial charge in [0.1, 0.15) is 5.69 Å². The van der Waals surface area contributed by atoms with Gasteiger partial charge in [0.05, 0.1) is 11.5 Å². The number of nitrogens with zero attached hydrogens (tertiary/aromatic N) is 3. The number of amidine groups is 1. The van der Waals surface area contributed by atoms with Gasteiger partial charge in [-0.15, -0.1) is 4.91 Å². The number of rotatable bonds is 6. The Hall–Kier alpha value is -2.52. The quantitative estimate of drug-likeness (QED) is 0.278. The van der Waals surface area contributed by atoms with Crippen molar-refractivity contribution in [1.29, 1.82) is 0 Å². The van der Waals surface area contributed by atoms with Crippen LogP contribution in [0.4, 0.5) is 11.4 Å². The molecule has 0 aliphatic rings. The van der Waals surface area contributed by atoms with Crippen LogP contribution in [0.1, 0.15) is 18.1 Å². The van der Waals surface area contributed by atoms with Crippen molar-refractivity contribution in [3.8, 4) is 0 Å². The fourth-order valence-electron chi connectivity index (χ4n) is 2.16. The molecular formula is C19H20BrN5O2S. The fraction of sp³-hybridized carbons (Fsp3) is 0.211. The van der Waals surface area contributed by atoms with Gasteiger partial charge in [0.15, 0.2) is 5.17 Å². The number of carbonyl (C=O) groups is 1. The van der Waals surface area contributed by atoms with Crippen LogP contribution in [0, 0.1) is 11.8 Å². The average Bonchev–Trinajstić information content (AvgIpc) is 2.69. The Balaban J connectivity index is 1.96. The first kappa shape index (κ1) is 21.8. The van der Waals surface area contributed by atoms with Gasteiger partial charge in [-0.05, 0) is 48.9 Å². The lowest BCUT2D eigenvalue weighted by molar-refractivity contribution is -0.120. The van der Waals surface area contributed by atoms with Crippen LogP contribution in [-0.2, 0) is 4.79 Å². The van der Waals surface area contributed by atoms with Crippen molar-refractivity contribution in [3.63, 3.8) is 0 Å². The van der Waals surface area contributed by atoms with Crippen LogP contribution in [0.5, 0.6) is 0 Å². The molecule has 9 heteroatoms. The number of nitroso groups, excluding NO2 is 1. The Bertz CT molecular complexity index is 917. The maximum absolute atomic E-state index is 12.3. The van der Waals surface area contributed by atoms with Crippen LogP contribution in [0.25, 0.3) is 0 Å². The van der Waals surface area contributed by atoms with Gasteiger partial charge >= 0.3 is 0 Å². The van der Waals surface area contributed by atoms with Crippen molar-refractivity contribution in [2.45, 2.75) is 19.1 Å². The summed E-state index contributed by atoms with van der Waals surface area (Å²) in [5.74, 6) is -0.287. The summed E-state index contributed by atoms with van der Waals surface area (Å²) in [6.07, 6.45) is 1.39. The number of aryl methyl sites for hydroxylation is 1. The normalized spacial score (nSPS) is 12.6. The highest BCUT2D eigenvalue weighted by atomic mass is 79.9. The molecule has 0 aliphatic carbocycles. The number of hydrogen-bond acceptors (Lipinski definition) is 6. The van der Waals surface area contributed by atoms with E-state index in [-0.39, 0.29) is 11.6 Å². The van der Waals surface area contributed by atoms with E-state index in [1.165, 1.54) is 18.0 Å². The van der Waals surface area contributed by atoms with Crippen LogP contribution >= 0.6 is 27.7 Å². The van der Waals surface area contributed by atoms with Gasteiger partial charge in [-0.1, -0.05) is 45.9 Å². The van der Waals surface area contributed by atoms with Crippen LogP contribution in [-0.4, -0.2) is 29.6 Å². The first-order valence-corrected chi connectivity index (χ1v) is 10.0. The monoisotopic (exact) mass is 461 g/mol. The fourth-order valence-corrected chi connectivity index (χ4v) is 3.30. The molecule has 1 unspecified atom stereocenters. The summed E-state index contributed by atoms with van der Waals surface area (Å²) < 4.78 is 0.780. The molecule has 2 N–H and O–H groups in total. The summed E-state index contributed by atoms with van der Waals surface area (Å²) >= 11 is 4.61. The summed E-state index contributed by atoms with van der Waals surface area (Å²) in [6.45, 7) is 3.76. The molecule has 2 aromatic carbocycles. The average molecular weight is 462 g/mol. The molecule has 0 bridgehead atoms. The van der Waals surface area contributed by atoms with Gasteiger partial charge in [-0.25, -0.2) is 5.43 Å². The van der Waals surface area contributed by atoms with E-state index in [1.54, 1.807) is 32.2 Å². The molecule has 2 aromatic rings. The van der Waals surface area contributed by atoms with E-state index in [1.807, 2.05) is 31.2 Å². The van der Waals surface area contributed by atoms with Crippen LogP contribution in [0.2, 0.25) is 0 Å². The van der Waals surface area contributed by atoms with E-state index in [0.717, 1.165) is 15.7 Å². The Morgan fingerprint density at radius 1 is 1.25 bits per heavy atom. The van der Waals surface area contributed by atoms with Crippen LogP contribution in [0.15, 0.2) is 62.2 Å². The van der Waals surface area contributed by atoms with E-state index in [9.17, 15) is 9.70 Å². The van der Waals surface area contributed by atoms with Gasteiger partial charge in [0, 0.05) is 22.8 Å². The van der Waals surface area contributed by atoms with Crippen molar-refractivity contribution in [1.82, 2.24) is 5.43 Å². The van der Waals surface area contributed by atoms with E-state index < -0.39 is 5.25 Å². The molecule has 7 nitrogen and oxygen atoms in total. The first-order valence-electron chi connectivity index (χ1n) is 8.36. The van der Waals surface area contributed by atoms with Crippen LogP contribution < -0.4 is 10.7 Å². The third-order valence-electron chi connectivity index (χ3n) is 3.71. The Labute approximate surface area is 176 Å². The van der Waals surface area contributed by atoms with Gasteiger partial charge in [-0.3, -0.25) is 9.79 Å². The van der Waals surface area contributed by atoms with Crippen molar-refractivity contribution >= 4 is 56.4 Å². The number of amides is 1. The number of para-hydroxylation sites is 1. The maximum Gasteiger partial charge on any atom is 0.253 e. The SMILES string of the molecule is CN=C(Nc1ccccc1C)SC(C)C(=O)N/N=C/c1cc(Br)ccc1N=O. The molecule has 0 radical (unpaired) electrons. The largest absolute Gasteiger partial charge is 0.335 e. The molecule has 0 aromatic heterocycles. The lowest BCUT2D eigenvalue weighted by Crippen LogP contribution is -2.29. The van der Waals surface area contributed by atoms with Crippen molar-refractivity contribution in [2.24, 2.45) is 15.3 Å². The zero-order valence-electron chi connectivity index (χ0n) is 15.6. The zero-order chi connectivity index (χ0) is 20.5. The maximum atomic E-state index is 12.3. The van der Waals surface area contributed by atoms with Gasteiger partial charge in [0.25, 0.3) is 5.91 Å². The molecule has 0 heterocycles. The van der Waals surface area contributed by atoms with E-state index in [0.29, 0.717) is 10.7 Å². The first-order chi connectivity index (χ1) is 13.4. The standard InChI is InChI=1S/C19H20BrN5O2S/c1-12-6-4-5-7-16(12)23-19(21-3)28-13(2)18(26)24-22-11-14-10-15(20)8-9-17(14)25-27/h4-11,13H,1-3H3,(H,21,23)(H,24,26)/b22-11+. The Kier molecular flexibility index (Phi) is 8.34. The summed E-state index contributed by atoms with van der Waals surface area (Å²) in [7, 11) is 1.66. The highest BCUT2D eigenvalue weighted by Gasteiger charge is 2.16. The van der Waals surface area contributed by atoms with Crippen molar-refractivity contribution in [3.05, 3.63) is 63.0 Å². The lowest BCUT2D eigenvalue weighted by atomic mass is 10.2. The number of hydrogen-bond donors (Lipinski definition) is 2. The summed E-state index contributed by atoms with van der Waals surface area (Å²) in [5.41, 5.74) is 5.24. The van der Waals surface area contributed by atoms with Gasteiger partial charge in [0.2, 0.25) is 0 Å². The minimum absolute atomic E-state index is 0.242. The molecule has 0 aliphatic heterocycles. The zero-order valence-corrected chi connectivity index (χ0v) is 18.0. The number of hydrazone groups is 1. The van der Waals surface area contributed by atoms with Crippen molar-refractivity contribution < 1.29 is 4.79 Å². The van der Waals surface area contributed by atoms with Crippen LogP contribution in [0.3, 0.4) is 0 Å². The van der Waals surface area contributed by atoms with Crippen molar-refractivity contribution in [2.75, 3.05) is 12.4 Å². The third kappa shape index (κ3) is 6.28. The minimum atomic E-state index is -0.432. The van der Waals surface area contributed by atoms with E-state index in [2.05, 4.69) is 41.9 Å². The second-order valence-electron chi connectivity index (χ2n) is 5.76. The smallest absolute Gasteiger partial charge is 0.253 e. The molecule has 0 fully saturated rings. The highest BCUT2D eigenvalue weighted by molar-refractivity contribution is 9.10. The summed E-state index contributed by atoms with van der Waals surface area (Å²) in [6, 6.07) is 12.8. The Morgan fingerprint density at radius 3 is 2.68 bits per heavy atom. The molecule has 146 valence electrons. The molecule has 1 amide bonds. The lowest BCUT2D eigenvalue weighted by Gasteiger charge is -2.14. The van der Waals surface area contributed by atoms with E-state index in [4.69, 9.17) is 0 Å². The second kappa shape index (κ2) is 10.7. The summed E-state index contributed by atoms with van der Waals surface area (Å²) in [5, 5.41) is 10.3. The number of halogens is 1. The molecule has 0 saturated carbocycles. The molecular weight excluding hydrogens is 442 g/mol. The number of aliphatic imine (C=N–C) groups is 1. The number of benzene rings is 2. The topological polar surface area (TPSA) is 95.3 Å². The van der Waals surface area contributed by atoms with E-state index >= 15 is 0 Å². The number of nitrogens with one attached hydrogen (secondary N) is 2. The predicted molar refractivity (Wildman–Crippen MR) is 121 cm³/mol. The predicted octanol–water partition coefficient (Wildman–Crippen LogP) is 4.83. The molecule has 28 heavy (non-hydrogen) atoms. The molecule has 0 saturated heterocycles. The van der Waals surface area contributed by atoms with Gasteiger partial charge in [-0.2, -0.15) is 5.10 Å². The molecule has 2 rings (SSSR count). The molecule has 0 spiro atoms. The number of carbonyl (C=O) groups excluding carboxylic acids is 1. The highest BCUT2D eigenvalue weighted by Crippen LogP contribution is 2.22. The molecule has 1 atom stereocenters. The minimum Gasteiger partial charge on any atom is -0.335 e. The number of thioether (sulfide) groups is 1. The van der Waals surface area contributed by atoms with Gasteiger partial charge < -0.3 is 5.32 Å². The third-order valence-corrected chi connectivity index (χ3v) is 5.28. The number of anilines is 1.